The molecule has 0 heterocycles. The van der Waals surface area contributed by atoms with Crippen molar-refractivity contribution in [3.8, 4) is 0 Å². The molecule has 1 aromatic carbocycles. The zero-order valence-electron chi connectivity index (χ0n) is 11.1. The fourth-order valence-corrected chi connectivity index (χ4v) is 2.15. The summed E-state index contributed by atoms with van der Waals surface area (Å²) in [6.07, 6.45) is 1.74. The van der Waals surface area contributed by atoms with E-state index in [-0.39, 0.29) is 17.1 Å². The smallest absolute Gasteiger partial charge is 0.282 e. The summed E-state index contributed by atoms with van der Waals surface area (Å²) in [6.45, 7) is 2.88. The Kier molecular flexibility index (Phi) is 6.75. The second kappa shape index (κ2) is 8.07. The van der Waals surface area contributed by atoms with Gasteiger partial charge < -0.3 is 4.90 Å². The highest BCUT2D eigenvalue weighted by Gasteiger charge is 2.24. The minimum atomic E-state index is -0.581. The lowest BCUT2D eigenvalue weighted by atomic mass is 10.1. The van der Waals surface area contributed by atoms with Crippen molar-refractivity contribution in [1.29, 1.82) is 0 Å². The molecule has 0 aliphatic rings. The van der Waals surface area contributed by atoms with E-state index < -0.39 is 10.8 Å². The number of benzene rings is 1. The second-order valence-corrected chi connectivity index (χ2v) is 5.07. The van der Waals surface area contributed by atoms with Crippen LogP contribution >= 0.6 is 23.2 Å². The first-order valence-electron chi connectivity index (χ1n) is 6.30. The number of carbonyl (C=O) groups is 1. The molecule has 0 bridgehead atoms. The van der Waals surface area contributed by atoms with Crippen molar-refractivity contribution < 1.29 is 9.72 Å². The lowest BCUT2D eigenvalue weighted by Gasteiger charge is -2.21. The van der Waals surface area contributed by atoms with Crippen molar-refractivity contribution in [2.24, 2.45) is 0 Å². The molecule has 0 spiro atoms. The summed E-state index contributed by atoms with van der Waals surface area (Å²) in [5, 5.41) is 11.3. The molecule has 0 saturated heterocycles. The lowest BCUT2D eigenvalue weighted by molar-refractivity contribution is -0.385. The summed E-state index contributed by atoms with van der Waals surface area (Å²) >= 11 is 11.5. The Morgan fingerprint density at radius 2 is 2.10 bits per heavy atom. The molecule has 0 aliphatic heterocycles. The Bertz CT molecular complexity index is 495. The van der Waals surface area contributed by atoms with Gasteiger partial charge in [-0.1, -0.05) is 24.9 Å². The molecule has 1 aromatic rings. The van der Waals surface area contributed by atoms with Gasteiger partial charge in [0.25, 0.3) is 11.6 Å². The quantitative estimate of drug-likeness (QED) is 0.437. The number of amides is 1. The van der Waals surface area contributed by atoms with E-state index in [0.717, 1.165) is 12.8 Å². The molecule has 1 amide bonds. The number of hydrogen-bond acceptors (Lipinski definition) is 3. The van der Waals surface area contributed by atoms with E-state index in [2.05, 4.69) is 0 Å². The summed E-state index contributed by atoms with van der Waals surface area (Å²) in [6, 6.07) is 3.97. The van der Waals surface area contributed by atoms with Gasteiger partial charge in [-0.25, -0.2) is 0 Å². The minimum absolute atomic E-state index is 0.00344. The van der Waals surface area contributed by atoms with Gasteiger partial charge >= 0.3 is 0 Å². The van der Waals surface area contributed by atoms with Crippen molar-refractivity contribution in [3.05, 3.63) is 38.9 Å². The summed E-state index contributed by atoms with van der Waals surface area (Å²) in [7, 11) is 0. The highest BCUT2D eigenvalue weighted by molar-refractivity contribution is 6.31. The summed E-state index contributed by atoms with van der Waals surface area (Å²) in [5.74, 6) is -0.127. The van der Waals surface area contributed by atoms with E-state index >= 15 is 0 Å². The third-order valence-electron chi connectivity index (χ3n) is 2.81. The molecular formula is C13H16Cl2N2O3. The predicted octanol–water partition coefficient (Wildman–Crippen LogP) is 3.73. The molecule has 20 heavy (non-hydrogen) atoms. The van der Waals surface area contributed by atoms with Gasteiger partial charge in [-0.2, -0.15) is 0 Å². The highest BCUT2D eigenvalue weighted by atomic mass is 35.5. The van der Waals surface area contributed by atoms with Gasteiger partial charge in [0.2, 0.25) is 0 Å². The number of hydrogen-bond donors (Lipinski definition) is 0. The average molecular weight is 319 g/mol. The maximum Gasteiger partial charge on any atom is 0.282 e. The minimum Gasteiger partial charge on any atom is -0.337 e. The molecule has 0 N–H and O–H groups in total. The third kappa shape index (κ3) is 4.35. The number of halogens is 2. The van der Waals surface area contributed by atoms with Gasteiger partial charge in [0.1, 0.15) is 5.56 Å². The Balaban J connectivity index is 3.09. The maximum absolute atomic E-state index is 12.4. The van der Waals surface area contributed by atoms with Gasteiger partial charge in [0, 0.05) is 30.1 Å². The van der Waals surface area contributed by atoms with Gasteiger partial charge in [-0.15, -0.1) is 11.6 Å². The lowest BCUT2D eigenvalue weighted by Crippen LogP contribution is -2.34. The van der Waals surface area contributed by atoms with Crippen molar-refractivity contribution in [3.63, 3.8) is 0 Å². The molecule has 1 rings (SSSR count). The van der Waals surface area contributed by atoms with Crippen molar-refractivity contribution >= 4 is 34.8 Å². The first-order valence-corrected chi connectivity index (χ1v) is 7.21. The molecule has 0 unspecified atom stereocenters. The van der Waals surface area contributed by atoms with E-state index in [1.165, 1.54) is 23.1 Å². The Morgan fingerprint density at radius 3 is 2.65 bits per heavy atom. The SMILES string of the molecule is CCCCN(CCCl)C(=O)c1cc(Cl)ccc1[N+](=O)[O-]. The molecular weight excluding hydrogens is 303 g/mol. The second-order valence-electron chi connectivity index (χ2n) is 4.25. The Morgan fingerprint density at radius 1 is 1.40 bits per heavy atom. The summed E-state index contributed by atoms with van der Waals surface area (Å²) in [4.78, 5) is 24.4. The third-order valence-corrected chi connectivity index (χ3v) is 3.21. The van der Waals surface area contributed by atoms with Crippen LogP contribution in [0, 0.1) is 10.1 Å². The van der Waals surface area contributed by atoms with Crippen LogP contribution in [0.1, 0.15) is 30.1 Å². The first kappa shape index (κ1) is 16.7. The monoisotopic (exact) mass is 318 g/mol. The molecule has 7 heteroatoms. The zero-order valence-corrected chi connectivity index (χ0v) is 12.7. The van der Waals surface area contributed by atoms with Gasteiger partial charge in [-0.3, -0.25) is 14.9 Å². The fourth-order valence-electron chi connectivity index (χ4n) is 1.77. The summed E-state index contributed by atoms with van der Waals surface area (Å²) in [5.41, 5.74) is -0.237. The standard InChI is InChI=1S/C13H16Cl2N2O3/c1-2-3-7-16(8-6-14)13(18)11-9-10(15)4-5-12(11)17(19)20/h4-5,9H,2-3,6-8H2,1H3. The number of nitro groups is 1. The number of alkyl halides is 1. The highest BCUT2D eigenvalue weighted by Crippen LogP contribution is 2.24. The van der Waals surface area contributed by atoms with E-state index in [1.54, 1.807) is 0 Å². The topological polar surface area (TPSA) is 63.5 Å². The van der Waals surface area contributed by atoms with Crippen LogP contribution in [0.25, 0.3) is 0 Å². The maximum atomic E-state index is 12.4. The average Bonchev–Trinajstić information content (AvgIpc) is 2.42. The zero-order chi connectivity index (χ0) is 15.1. The van der Waals surface area contributed by atoms with Crippen LogP contribution < -0.4 is 0 Å². The van der Waals surface area contributed by atoms with Crippen LogP contribution in [0.15, 0.2) is 18.2 Å². The number of carbonyl (C=O) groups excluding carboxylic acids is 1. The largest absolute Gasteiger partial charge is 0.337 e. The number of rotatable bonds is 7. The first-order chi connectivity index (χ1) is 9.51. The van der Waals surface area contributed by atoms with Crippen molar-refractivity contribution in [1.82, 2.24) is 4.90 Å². The molecule has 0 fully saturated rings. The molecule has 0 radical (unpaired) electrons. The molecule has 5 nitrogen and oxygen atoms in total. The normalized spacial score (nSPS) is 10.3. The van der Waals surface area contributed by atoms with Gasteiger partial charge in [0.05, 0.1) is 4.92 Å². The molecule has 0 saturated carbocycles. The molecule has 0 aromatic heterocycles. The number of nitro benzene ring substituents is 1. The van der Waals surface area contributed by atoms with E-state index in [9.17, 15) is 14.9 Å². The predicted molar refractivity (Wildman–Crippen MR) is 79.6 cm³/mol. The van der Waals surface area contributed by atoms with Crippen LogP contribution in [0.2, 0.25) is 5.02 Å². The van der Waals surface area contributed by atoms with E-state index in [4.69, 9.17) is 23.2 Å². The molecule has 0 atom stereocenters. The van der Waals surface area contributed by atoms with Crippen molar-refractivity contribution in [2.75, 3.05) is 19.0 Å². The van der Waals surface area contributed by atoms with E-state index in [0.29, 0.717) is 18.1 Å². The van der Waals surface area contributed by atoms with Crippen LogP contribution in [0.3, 0.4) is 0 Å². The fraction of sp³-hybridized carbons (Fsp3) is 0.462. The van der Waals surface area contributed by atoms with Crippen LogP contribution in [0.4, 0.5) is 5.69 Å². The van der Waals surface area contributed by atoms with E-state index in [1.807, 2.05) is 6.92 Å². The van der Waals surface area contributed by atoms with Crippen LogP contribution in [-0.4, -0.2) is 34.7 Å². The molecule has 110 valence electrons. The van der Waals surface area contributed by atoms with Crippen LogP contribution in [0.5, 0.6) is 0 Å². The number of nitrogens with zero attached hydrogens (tertiary/aromatic N) is 2. The van der Waals surface area contributed by atoms with Crippen LogP contribution in [-0.2, 0) is 0 Å². The molecule has 0 aliphatic carbocycles. The Labute approximate surface area is 127 Å². The van der Waals surface area contributed by atoms with Gasteiger partial charge in [-0.05, 0) is 18.6 Å². The van der Waals surface area contributed by atoms with Gasteiger partial charge in [0.15, 0.2) is 0 Å². The summed E-state index contributed by atoms with van der Waals surface area (Å²) < 4.78 is 0. The Hall–Kier alpha value is -1.33. The number of unbranched alkanes of at least 4 members (excludes halogenated alkanes) is 1. The van der Waals surface area contributed by atoms with Crippen molar-refractivity contribution in [2.45, 2.75) is 19.8 Å².